The highest BCUT2D eigenvalue weighted by Crippen LogP contribution is 2.23. The molecule has 5 heteroatoms. The van der Waals surface area contributed by atoms with Gasteiger partial charge in [0.1, 0.15) is 12.2 Å². The zero-order valence-electron chi connectivity index (χ0n) is 11.8. The van der Waals surface area contributed by atoms with Crippen molar-refractivity contribution in [2.24, 2.45) is 0 Å². The minimum Gasteiger partial charge on any atom is -0.481 e. The monoisotopic (exact) mass is 273 g/mol. The predicted molar refractivity (Wildman–Crippen MR) is 75.6 cm³/mol. The highest BCUT2D eigenvalue weighted by Gasteiger charge is 2.24. The molecule has 1 aromatic heterocycles. The smallest absolute Gasteiger partial charge is 0.311 e. The first-order chi connectivity index (χ1) is 9.63. The Morgan fingerprint density at radius 1 is 1.40 bits per heavy atom. The van der Waals surface area contributed by atoms with E-state index in [0.29, 0.717) is 6.42 Å². The third kappa shape index (κ3) is 3.04. The summed E-state index contributed by atoms with van der Waals surface area (Å²) >= 11 is 0. The summed E-state index contributed by atoms with van der Waals surface area (Å²) < 4.78 is 1.79. The molecule has 0 radical (unpaired) electrons. The van der Waals surface area contributed by atoms with Gasteiger partial charge in [-0.2, -0.15) is 5.10 Å². The van der Waals surface area contributed by atoms with Crippen molar-refractivity contribution in [2.45, 2.75) is 39.2 Å². The van der Waals surface area contributed by atoms with E-state index in [1.165, 1.54) is 6.33 Å². The molecule has 0 fully saturated rings. The summed E-state index contributed by atoms with van der Waals surface area (Å²) in [6.45, 7) is 4.75. The van der Waals surface area contributed by atoms with E-state index in [1.54, 1.807) is 4.68 Å². The second-order valence-electron chi connectivity index (χ2n) is 4.85. The number of nitrogens with zero attached hydrogens (tertiary/aromatic N) is 3. The lowest BCUT2D eigenvalue weighted by molar-refractivity contribution is -0.138. The zero-order valence-corrected chi connectivity index (χ0v) is 11.8. The van der Waals surface area contributed by atoms with Crippen LogP contribution in [0.25, 0.3) is 0 Å². The van der Waals surface area contributed by atoms with Gasteiger partial charge in [0.15, 0.2) is 0 Å². The largest absolute Gasteiger partial charge is 0.481 e. The molecule has 1 N–H and O–H groups in total. The van der Waals surface area contributed by atoms with E-state index in [2.05, 4.69) is 17.0 Å². The Hall–Kier alpha value is -2.17. The fraction of sp³-hybridized carbons (Fsp3) is 0.400. The van der Waals surface area contributed by atoms with Crippen molar-refractivity contribution < 1.29 is 9.90 Å². The Bertz CT molecular complexity index is 592. The van der Waals surface area contributed by atoms with E-state index >= 15 is 0 Å². The van der Waals surface area contributed by atoms with Crippen LogP contribution in [-0.2, 0) is 17.8 Å². The maximum Gasteiger partial charge on any atom is 0.311 e. The van der Waals surface area contributed by atoms with Gasteiger partial charge in [-0.25, -0.2) is 4.98 Å². The van der Waals surface area contributed by atoms with Gasteiger partial charge in [-0.15, -0.1) is 0 Å². The molecule has 0 saturated carbocycles. The quantitative estimate of drug-likeness (QED) is 0.877. The number of aliphatic carboxylic acids is 1. The molecule has 0 aliphatic rings. The van der Waals surface area contributed by atoms with Gasteiger partial charge in [-0.1, -0.05) is 31.2 Å². The van der Waals surface area contributed by atoms with Crippen LogP contribution in [-0.4, -0.2) is 25.8 Å². The van der Waals surface area contributed by atoms with Gasteiger partial charge in [-0.3, -0.25) is 9.48 Å². The lowest BCUT2D eigenvalue weighted by atomic mass is 9.92. The number of benzene rings is 1. The molecule has 2 aromatic rings. The molecule has 0 amide bonds. The third-order valence-corrected chi connectivity index (χ3v) is 3.38. The van der Waals surface area contributed by atoms with Gasteiger partial charge in [0.25, 0.3) is 0 Å². The molecule has 1 atom stereocenters. The van der Waals surface area contributed by atoms with Gasteiger partial charge < -0.3 is 5.11 Å². The van der Waals surface area contributed by atoms with E-state index in [9.17, 15) is 9.90 Å². The molecule has 0 spiro atoms. The molecule has 1 unspecified atom stereocenters. The number of carbonyl (C=O) groups is 1. The fourth-order valence-corrected chi connectivity index (χ4v) is 2.34. The van der Waals surface area contributed by atoms with Crippen LogP contribution in [0.15, 0.2) is 30.6 Å². The molecular formula is C15H19N3O2. The van der Waals surface area contributed by atoms with E-state index in [0.717, 1.165) is 29.9 Å². The Labute approximate surface area is 118 Å². The summed E-state index contributed by atoms with van der Waals surface area (Å²) in [5.74, 6) is -0.691. The van der Waals surface area contributed by atoms with Crippen molar-refractivity contribution in [1.82, 2.24) is 14.8 Å². The third-order valence-electron chi connectivity index (χ3n) is 3.38. The van der Waals surface area contributed by atoms with Gasteiger partial charge >= 0.3 is 5.97 Å². The molecule has 1 aromatic carbocycles. The number of hydrogen-bond donors (Lipinski definition) is 1. The Morgan fingerprint density at radius 3 is 2.80 bits per heavy atom. The SMILES string of the molecule is CCCn1ncnc1CC(C(=O)O)c1ccccc1C. The molecule has 0 aliphatic carbocycles. The van der Waals surface area contributed by atoms with Crippen molar-refractivity contribution in [1.29, 1.82) is 0 Å². The maximum absolute atomic E-state index is 11.6. The molecular weight excluding hydrogens is 254 g/mol. The van der Waals surface area contributed by atoms with Crippen LogP contribution in [0.5, 0.6) is 0 Å². The molecule has 0 saturated heterocycles. The number of aromatic nitrogens is 3. The van der Waals surface area contributed by atoms with Crippen molar-refractivity contribution >= 4 is 5.97 Å². The lowest BCUT2D eigenvalue weighted by Crippen LogP contribution is -2.18. The second-order valence-corrected chi connectivity index (χ2v) is 4.85. The van der Waals surface area contributed by atoms with Crippen molar-refractivity contribution in [3.63, 3.8) is 0 Å². The molecule has 2 rings (SSSR count). The summed E-state index contributed by atoms with van der Waals surface area (Å²) in [5, 5.41) is 13.7. The van der Waals surface area contributed by atoms with Crippen LogP contribution >= 0.6 is 0 Å². The van der Waals surface area contributed by atoms with Crippen LogP contribution in [0.4, 0.5) is 0 Å². The Balaban J connectivity index is 2.29. The summed E-state index contributed by atoms with van der Waals surface area (Å²) in [7, 11) is 0. The maximum atomic E-state index is 11.6. The van der Waals surface area contributed by atoms with E-state index in [-0.39, 0.29) is 0 Å². The highest BCUT2D eigenvalue weighted by molar-refractivity contribution is 5.76. The first-order valence-electron chi connectivity index (χ1n) is 6.78. The summed E-state index contributed by atoms with van der Waals surface area (Å²) in [6, 6.07) is 7.59. The van der Waals surface area contributed by atoms with E-state index < -0.39 is 11.9 Å². The Morgan fingerprint density at radius 2 is 2.15 bits per heavy atom. The minimum atomic E-state index is -0.828. The van der Waals surface area contributed by atoms with Crippen LogP contribution in [0.2, 0.25) is 0 Å². The number of hydrogen-bond acceptors (Lipinski definition) is 3. The molecule has 106 valence electrons. The van der Waals surface area contributed by atoms with Crippen molar-refractivity contribution in [3.8, 4) is 0 Å². The minimum absolute atomic E-state index is 0.361. The van der Waals surface area contributed by atoms with Crippen LogP contribution in [0, 0.1) is 6.92 Å². The van der Waals surface area contributed by atoms with Gasteiger partial charge in [0.05, 0.1) is 5.92 Å². The first-order valence-corrected chi connectivity index (χ1v) is 6.78. The fourth-order valence-electron chi connectivity index (χ4n) is 2.34. The van der Waals surface area contributed by atoms with E-state index in [4.69, 9.17) is 0 Å². The van der Waals surface area contributed by atoms with E-state index in [1.807, 2.05) is 31.2 Å². The number of rotatable bonds is 6. The standard InChI is InChI=1S/C15H19N3O2/c1-3-8-18-14(16-10-17-18)9-13(15(19)20)12-7-5-4-6-11(12)2/h4-7,10,13H,3,8-9H2,1-2H3,(H,19,20). The van der Waals surface area contributed by atoms with Crippen LogP contribution in [0.1, 0.15) is 36.2 Å². The summed E-state index contributed by atoms with van der Waals surface area (Å²) in [4.78, 5) is 15.8. The average Bonchev–Trinajstić information content (AvgIpc) is 2.84. The number of carboxylic acid groups (broad SMARTS) is 1. The van der Waals surface area contributed by atoms with Crippen molar-refractivity contribution in [3.05, 3.63) is 47.5 Å². The van der Waals surface area contributed by atoms with Crippen LogP contribution < -0.4 is 0 Å². The molecule has 20 heavy (non-hydrogen) atoms. The van der Waals surface area contributed by atoms with Gasteiger partial charge in [0, 0.05) is 13.0 Å². The van der Waals surface area contributed by atoms with Gasteiger partial charge in [0.2, 0.25) is 0 Å². The lowest BCUT2D eigenvalue weighted by Gasteiger charge is -2.15. The normalized spacial score (nSPS) is 12.3. The summed E-state index contributed by atoms with van der Waals surface area (Å²) in [6.07, 6.45) is 2.79. The van der Waals surface area contributed by atoms with Crippen molar-refractivity contribution in [2.75, 3.05) is 0 Å². The molecule has 5 nitrogen and oxygen atoms in total. The molecule has 0 bridgehead atoms. The zero-order chi connectivity index (χ0) is 14.5. The Kier molecular flexibility index (Phi) is 4.50. The molecule has 1 heterocycles. The average molecular weight is 273 g/mol. The molecule has 0 aliphatic heterocycles. The second kappa shape index (κ2) is 6.32. The van der Waals surface area contributed by atoms with Crippen LogP contribution in [0.3, 0.4) is 0 Å². The number of aryl methyl sites for hydroxylation is 2. The van der Waals surface area contributed by atoms with Gasteiger partial charge in [-0.05, 0) is 24.5 Å². The topological polar surface area (TPSA) is 68.0 Å². The highest BCUT2D eigenvalue weighted by atomic mass is 16.4. The number of carboxylic acids is 1. The summed E-state index contributed by atoms with van der Waals surface area (Å²) in [5.41, 5.74) is 1.83. The predicted octanol–water partition coefficient (Wildman–Crippen LogP) is 2.41. The first kappa shape index (κ1) is 14.2.